The van der Waals surface area contributed by atoms with Gasteiger partial charge in [0.1, 0.15) is 0 Å². The monoisotopic (exact) mass is 629 g/mol. The third kappa shape index (κ3) is 4.29. The maximum Gasteiger partial charge on any atom is 0.182 e. The standard InChI is InChI=1S/C42H27N7/c1-3-10-28(11-4-1)41-45-42(29-12-5-2-6-13-29)49(46-41)32-18-19-38-36(25-32)33-16-7-8-17-37(33)47(38)30-14-9-15-31(24-30)48-39-26-43-22-20-34(39)35-21-23-44-27-40(35)48/h1-27H. The van der Waals surface area contributed by atoms with Crippen molar-refractivity contribution in [1.82, 2.24) is 33.9 Å². The molecule has 230 valence electrons. The fourth-order valence-corrected chi connectivity index (χ4v) is 7.11. The van der Waals surface area contributed by atoms with Crippen LogP contribution in [0.2, 0.25) is 0 Å². The van der Waals surface area contributed by atoms with Gasteiger partial charge < -0.3 is 9.13 Å². The van der Waals surface area contributed by atoms with Gasteiger partial charge in [-0.3, -0.25) is 9.97 Å². The Morgan fingerprint density at radius 1 is 0.408 bits per heavy atom. The van der Waals surface area contributed by atoms with E-state index in [-0.39, 0.29) is 0 Å². The lowest BCUT2D eigenvalue weighted by molar-refractivity contribution is 0.892. The second-order valence-corrected chi connectivity index (χ2v) is 12.1. The van der Waals surface area contributed by atoms with Crippen molar-refractivity contribution in [2.24, 2.45) is 0 Å². The van der Waals surface area contributed by atoms with E-state index in [9.17, 15) is 0 Å². The van der Waals surface area contributed by atoms with Gasteiger partial charge in [0.05, 0.1) is 40.1 Å². The second kappa shape index (κ2) is 10.9. The summed E-state index contributed by atoms with van der Waals surface area (Å²) in [6, 6.07) is 48.4. The van der Waals surface area contributed by atoms with Gasteiger partial charge in [-0.2, -0.15) is 0 Å². The highest BCUT2D eigenvalue weighted by molar-refractivity contribution is 6.10. The average molecular weight is 630 g/mol. The largest absolute Gasteiger partial charge is 0.309 e. The fraction of sp³-hybridized carbons (Fsp3) is 0. The van der Waals surface area contributed by atoms with Crippen molar-refractivity contribution in [3.05, 3.63) is 164 Å². The Morgan fingerprint density at radius 3 is 1.71 bits per heavy atom. The number of aromatic nitrogens is 7. The summed E-state index contributed by atoms with van der Waals surface area (Å²) in [4.78, 5) is 14.0. The molecule has 10 aromatic rings. The number of fused-ring (bicyclic) bond motifs is 6. The summed E-state index contributed by atoms with van der Waals surface area (Å²) in [5.74, 6) is 1.49. The predicted molar refractivity (Wildman–Crippen MR) is 196 cm³/mol. The highest BCUT2D eigenvalue weighted by Crippen LogP contribution is 2.36. The van der Waals surface area contributed by atoms with Crippen molar-refractivity contribution in [3.63, 3.8) is 0 Å². The average Bonchev–Trinajstić information content (AvgIpc) is 3.86. The molecule has 5 heterocycles. The van der Waals surface area contributed by atoms with Crippen molar-refractivity contribution in [1.29, 1.82) is 0 Å². The van der Waals surface area contributed by atoms with Crippen LogP contribution in [-0.2, 0) is 0 Å². The number of hydrogen-bond acceptors (Lipinski definition) is 4. The first-order valence-corrected chi connectivity index (χ1v) is 16.2. The van der Waals surface area contributed by atoms with E-state index in [1.165, 1.54) is 5.39 Å². The Morgan fingerprint density at radius 2 is 1.00 bits per heavy atom. The van der Waals surface area contributed by atoms with Gasteiger partial charge in [0.2, 0.25) is 0 Å². The van der Waals surface area contributed by atoms with Crippen molar-refractivity contribution in [2.75, 3.05) is 0 Å². The normalized spacial score (nSPS) is 11.7. The van der Waals surface area contributed by atoms with Crippen LogP contribution in [0.4, 0.5) is 0 Å². The molecule has 0 bridgehead atoms. The molecule has 0 aliphatic heterocycles. The van der Waals surface area contributed by atoms with Gasteiger partial charge in [0.25, 0.3) is 0 Å². The molecule has 7 nitrogen and oxygen atoms in total. The number of hydrogen-bond donors (Lipinski definition) is 0. The minimum Gasteiger partial charge on any atom is -0.309 e. The maximum absolute atomic E-state index is 5.05. The van der Waals surface area contributed by atoms with Gasteiger partial charge >= 0.3 is 0 Å². The summed E-state index contributed by atoms with van der Waals surface area (Å²) in [6.07, 6.45) is 7.56. The molecule has 7 heteroatoms. The summed E-state index contributed by atoms with van der Waals surface area (Å²) in [7, 11) is 0. The first-order valence-electron chi connectivity index (χ1n) is 16.2. The molecule has 0 fully saturated rings. The Kier molecular flexibility index (Phi) is 6.04. The summed E-state index contributed by atoms with van der Waals surface area (Å²) in [6.45, 7) is 0. The van der Waals surface area contributed by atoms with Crippen LogP contribution in [0, 0.1) is 0 Å². The van der Waals surface area contributed by atoms with Gasteiger partial charge in [-0.15, -0.1) is 5.10 Å². The lowest BCUT2D eigenvalue weighted by atomic mass is 10.1. The molecular weight excluding hydrogens is 603 g/mol. The van der Waals surface area contributed by atoms with Crippen LogP contribution in [0.25, 0.3) is 83.4 Å². The molecule has 0 saturated heterocycles. The van der Waals surface area contributed by atoms with Gasteiger partial charge in [-0.05, 0) is 54.6 Å². The quantitative estimate of drug-likeness (QED) is 0.190. The molecule has 0 unspecified atom stereocenters. The smallest absolute Gasteiger partial charge is 0.182 e. The van der Waals surface area contributed by atoms with Gasteiger partial charge in [-0.1, -0.05) is 84.9 Å². The second-order valence-electron chi connectivity index (χ2n) is 12.1. The molecule has 0 atom stereocenters. The first-order chi connectivity index (χ1) is 24.3. The molecule has 0 saturated carbocycles. The van der Waals surface area contributed by atoms with Crippen LogP contribution in [0.1, 0.15) is 0 Å². The summed E-state index contributed by atoms with van der Waals surface area (Å²) >= 11 is 0. The molecule has 0 aliphatic carbocycles. The SMILES string of the molecule is c1ccc(-c2nc(-c3ccccc3)n(-c3ccc4c(c3)c3ccccc3n4-c3cccc(-n4c5cnccc5c5ccncc54)c3)n2)cc1. The van der Waals surface area contributed by atoms with E-state index in [0.717, 1.165) is 72.2 Å². The minimum atomic E-state index is 0.689. The van der Waals surface area contributed by atoms with E-state index in [1.807, 2.05) is 78.0 Å². The van der Waals surface area contributed by atoms with Gasteiger partial charge in [0.15, 0.2) is 11.6 Å². The van der Waals surface area contributed by atoms with Gasteiger partial charge in [0, 0.05) is 56.4 Å². The van der Waals surface area contributed by atoms with Crippen LogP contribution in [0.5, 0.6) is 0 Å². The van der Waals surface area contributed by atoms with Crippen LogP contribution >= 0.6 is 0 Å². The molecule has 10 rings (SSSR count). The molecule has 0 radical (unpaired) electrons. The predicted octanol–water partition coefficient (Wildman–Crippen LogP) is 9.59. The zero-order valence-corrected chi connectivity index (χ0v) is 26.2. The number of rotatable bonds is 5. The van der Waals surface area contributed by atoms with E-state index in [1.54, 1.807) is 0 Å². The minimum absolute atomic E-state index is 0.689. The van der Waals surface area contributed by atoms with E-state index in [0.29, 0.717) is 5.82 Å². The molecule has 5 aromatic carbocycles. The lowest BCUT2D eigenvalue weighted by Gasteiger charge is -2.13. The zero-order valence-electron chi connectivity index (χ0n) is 26.2. The van der Waals surface area contributed by atoms with Crippen LogP contribution in [-0.4, -0.2) is 33.9 Å². The van der Waals surface area contributed by atoms with E-state index in [2.05, 4.69) is 110 Å². The molecule has 0 aliphatic rings. The third-order valence-electron chi connectivity index (χ3n) is 9.29. The molecule has 5 aromatic heterocycles. The Labute approximate surface area is 281 Å². The molecule has 0 amide bonds. The Hall–Kier alpha value is -6.86. The number of benzene rings is 5. The first kappa shape index (κ1) is 27.3. The molecule has 0 spiro atoms. The van der Waals surface area contributed by atoms with Crippen molar-refractivity contribution < 1.29 is 0 Å². The molecular formula is C42H27N7. The highest BCUT2D eigenvalue weighted by Gasteiger charge is 2.19. The van der Waals surface area contributed by atoms with Crippen LogP contribution < -0.4 is 0 Å². The summed E-state index contributed by atoms with van der Waals surface area (Å²) in [5.41, 5.74) is 9.38. The van der Waals surface area contributed by atoms with Gasteiger partial charge in [-0.25, -0.2) is 9.67 Å². The number of pyridine rings is 2. The number of nitrogens with zero attached hydrogens (tertiary/aromatic N) is 7. The zero-order chi connectivity index (χ0) is 32.3. The van der Waals surface area contributed by atoms with E-state index in [4.69, 9.17) is 10.1 Å². The van der Waals surface area contributed by atoms with Crippen molar-refractivity contribution in [2.45, 2.75) is 0 Å². The van der Waals surface area contributed by atoms with E-state index >= 15 is 0 Å². The summed E-state index contributed by atoms with van der Waals surface area (Å²) < 4.78 is 6.56. The van der Waals surface area contributed by atoms with Crippen LogP contribution in [0.15, 0.2) is 164 Å². The van der Waals surface area contributed by atoms with Crippen molar-refractivity contribution in [3.8, 4) is 39.8 Å². The molecule has 49 heavy (non-hydrogen) atoms. The molecule has 0 N–H and O–H groups in total. The maximum atomic E-state index is 5.05. The lowest BCUT2D eigenvalue weighted by Crippen LogP contribution is -2.00. The third-order valence-corrected chi connectivity index (χ3v) is 9.29. The Balaban J connectivity index is 1.17. The summed E-state index contributed by atoms with van der Waals surface area (Å²) in [5, 5.41) is 9.67. The number of para-hydroxylation sites is 1. The van der Waals surface area contributed by atoms with Crippen LogP contribution in [0.3, 0.4) is 0 Å². The fourth-order valence-electron chi connectivity index (χ4n) is 7.11. The Bertz CT molecular complexity index is 2770. The highest BCUT2D eigenvalue weighted by atomic mass is 15.4. The van der Waals surface area contributed by atoms with Crippen molar-refractivity contribution >= 4 is 43.6 Å². The van der Waals surface area contributed by atoms with E-state index < -0.39 is 0 Å². The topological polar surface area (TPSA) is 66.3 Å².